The van der Waals surface area contributed by atoms with Gasteiger partial charge in [0, 0.05) is 62.5 Å². The number of nitrogens with one attached hydrogen (secondary N) is 2. The lowest BCUT2D eigenvalue weighted by atomic mass is 9.92. The summed E-state index contributed by atoms with van der Waals surface area (Å²) >= 11 is 0. The van der Waals surface area contributed by atoms with E-state index >= 15 is 0 Å². The predicted molar refractivity (Wildman–Crippen MR) is 134 cm³/mol. The lowest BCUT2D eigenvalue weighted by Crippen LogP contribution is -2.52. The van der Waals surface area contributed by atoms with Crippen molar-refractivity contribution in [2.24, 2.45) is 5.92 Å². The second kappa shape index (κ2) is 9.94. The predicted octanol–water partition coefficient (Wildman–Crippen LogP) is 3.04. The number of hydrogen-bond acceptors (Lipinski definition) is 3. The minimum Gasteiger partial charge on any atom is -0.361 e. The van der Waals surface area contributed by atoms with Crippen molar-refractivity contribution in [2.75, 3.05) is 19.6 Å². The highest BCUT2D eigenvalue weighted by Gasteiger charge is 2.34. The standard InChI is InChI=1S/C28H32N4O3/c1-19(33)30-26(16-23-17-29-25-9-5-4-8-24(23)25)28(35)31-13-11-21(12-14-31)27(34)32-15-10-20-6-2-3-7-22(20)18-32/h2-9,17,21,26,29H,10-16,18H2,1H3,(H,30,33)/t26-/m1/s1. The third-order valence-electron chi connectivity index (χ3n) is 7.37. The summed E-state index contributed by atoms with van der Waals surface area (Å²) in [5, 5.41) is 3.91. The van der Waals surface area contributed by atoms with E-state index in [-0.39, 0.29) is 23.6 Å². The first-order chi connectivity index (χ1) is 17.0. The molecular weight excluding hydrogens is 440 g/mol. The molecule has 2 N–H and O–H groups in total. The van der Waals surface area contributed by atoms with Crippen LogP contribution >= 0.6 is 0 Å². The molecule has 182 valence electrons. The van der Waals surface area contributed by atoms with E-state index < -0.39 is 6.04 Å². The van der Waals surface area contributed by atoms with Gasteiger partial charge in [-0.2, -0.15) is 0 Å². The summed E-state index contributed by atoms with van der Waals surface area (Å²) in [6.07, 6.45) is 4.54. The number of para-hydroxylation sites is 1. The van der Waals surface area contributed by atoms with Gasteiger partial charge in [-0.05, 0) is 42.0 Å². The fourth-order valence-corrected chi connectivity index (χ4v) is 5.48. The zero-order valence-corrected chi connectivity index (χ0v) is 20.1. The second-order valence-corrected chi connectivity index (χ2v) is 9.69. The highest BCUT2D eigenvalue weighted by atomic mass is 16.2. The van der Waals surface area contributed by atoms with E-state index in [2.05, 4.69) is 28.5 Å². The Bertz CT molecular complexity index is 1240. The van der Waals surface area contributed by atoms with Crippen LogP contribution in [-0.4, -0.2) is 58.2 Å². The van der Waals surface area contributed by atoms with Crippen LogP contribution in [0.15, 0.2) is 54.7 Å². The molecule has 0 spiro atoms. The van der Waals surface area contributed by atoms with Gasteiger partial charge in [0.2, 0.25) is 17.7 Å². The van der Waals surface area contributed by atoms with Gasteiger partial charge in [-0.3, -0.25) is 14.4 Å². The van der Waals surface area contributed by atoms with Gasteiger partial charge in [-0.1, -0.05) is 42.5 Å². The first-order valence-electron chi connectivity index (χ1n) is 12.5. The molecule has 35 heavy (non-hydrogen) atoms. The van der Waals surface area contributed by atoms with Crippen molar-refractivity contribution in [1.82, 2.24) is 20.1 Å². The van der Waals surface area contributed by atoms with E-state index in [0.717, 1.165) is 29.4 Å². The Kier molecular flexibility index (Phi) is 6.57. The Balaban J connectivity index is 1.21. The maximum atomic E-state index is 13.4. The lowest BCUT2D eigenvalue weighted by Gasteiger charge is -2.37. The molecule has 2 aliphatic heterocycles. The number of hydrogen-bond donors (Lipinski definition) is 2. The van der Waals surface area contributed by atoms with E-state index in [0.29, 0.717) is 38.9 Å². The minimum absolute atomic E-state index is 0.0582. The summed E-state index contributed by atoms with van der Waals surface area (Å²) in [7, 11) is 0. The molecule has 5 rings (SSSR count). The van der Waals surface area contributed by atoms with Gasteiger partial charge < -0.3 is 20.1 Å². The van der Waals surface area contributed by atoms with Gasteiger partial charge in [0.15, 0.2) is 0 Å². The van der Waals surface area contributed by atoms with Gasteiger partial charge in [0.1, 0.15) is 6.04 Å². The quantitative estimate of drug-likeness (QED) is 0.599. The fourth-order valence-electron chi connectivity index (χ4n) is 5.48. The lowest BCUT2D eigenvalue weighted by molar-refractivity contribution is -0.142. The Labute approximate surface area is 205 Å². The number of rotatable bonds is 5. The Morgan fingerprint density at radius 1 is 0.971 bits per heavy atom. The zero-order chi connectivity index (χ0) is 24.4. The van der Waals surface area contributed by atoms with Crippen LogP contribution in [0.3, 0.4) is 0 Å². The summed E-state index contributed by atoms with van der Waals surface area (Å²) in [6.45, 7) is 3.93. The van der Waals surface area contributed by atoms with Crippen LogP contribution in [-0.2, 0) is 33.8 Å². The molecule has 0 aliphatic carbocycles. The number of likely N-dealkylation sites (tertiary alicyclic amines) is 1. The smallest absolute Gasteiger partial charge is 0.245 e. The van der Waals surface area contributed by atoms with E-state index in [1.807, 2.05) is 46.3 Å². The molecule has 1 fully saturated rings. The molecule has 0 unspecified atom stereocenters. The highest BCUT2D eigenvalue weighted by molar-refractivity contribution is 5.89. The van der Waals surface area contributed by atoms with Gasteiger partial charge >= 0.3 is 0 Å². The van der Waals surface area contributed by atoms with Crippen molar-refractivity contribution in [2.45, 2.75) is 45.2 Å². The average Bonchev–Trinajstić information content (AvgIpc) is 3.30. The van der Waals surface area contributed by atoms with Gasteiger partial charge in [0.25, 0.3) is 0 Å². The summed E-state index contributed by atoms with van der Waals surface area (Å²) in [6, 6.07) is 15.6. The number of aromatic nitrogens is 1. The number of aromatic amines is 1. The number of nitrogens with zero attached hydrogens (tertiary/aromatic N) is 2. The molecule has 0 radical (unpaired) electrons. The molecule has 1 atom stereocenters. The molecule has 3 heterocycles. The molecule has 0 saturated carbocycles. The number of H-pyrrole nitrogens is 1. The monoisotopic (exact) mass is 472 g/mol. The maximum Gasteiger partial charge on any atom is 0.245 e. The summed E-state index contributed by atoms with van der Waals surface area (Å²) in [5.74, 6) is -0.164. The van der Waals surface area contributed by atoms with Crippen molar-refractivity contribution < 1.29 is 14.4 Å². The van der Waals surface area contributed by atoms with E-state index in [1.165, 1.54) is 18.1 Å². The van der Waals surface area contributed by atoms with Crippen molar-refractivity contribution in [3.05, 3.63) is 71.4 Å². The fraction of sp³-hybridized carbons (Fsp3) is 0.393. The normalized spacial score (nSPS) is 17.2. The molecular formula is C28H32N4O3. The molecule has 1 saturated heterocycles. The van der Waals surface area contributed by atoms with Crippen LogP contribution in [0.2, 0.25) is 0 Å². The number of carbonyl (C=O) groups is 3. The van der Waals surface area contributed by atoms with Gasteiger partial charge in [-0.15, -0.1) is 0 Å². The molecule has 7 heteroatoms. The maximum absolute atomic E-state index is 13.4. The number of piperidine rings is 1. The SMILES string of the molecule is CC(=O)N[C@H](Cc1c[nH]c2ccccc12)C(=O)N1CCC(C(=O)N2CCc3ccccc3C2)CC1. The van der Waals surface area contributed by atoms with Gasteiger partial charge in [-0.25, -0.2) is 0 Å². The van der Waals surface area contributed by atoms with Crippen LogP contribution in [0.1, 0.15) is 36.5 Å². The first kappa shape index (κ1) is 23.1. The summed E-state index contributed by atoms with van der Waals surface area (Å²) in [5.41, 5.74) is 4.57. The first-order valence-corrected chi connectivity index (χ1v) is 12.5. The molecule has 1 aromatic heterocycles. The molecule has 3 amide bonds. The molecule has 2 aromatic carbocycles. The zero-order valence-electron chi connectivity index (χ0n) is 20.1. The Hall–Kier alpha value is -3.61. The van der Waals surface area contributed by atoms with Crippen LogP contribution in [0.5, 0.6) is 0 Å². The summed E-state index contributed by atoms with van der Waals surface area (Å²) in [4.78, 5) is 45.6. The molecule has 3 aromatic rings. The van der Waals surface area contributed by atoms with Crippen LogP contribution in [0.4, 0.5) is 0 Å². The molecule has 2 aliphatic rings. The van der Waals surface area contributed by atoms with Crippen LogP contribution in [0.25, 0.3) is 10.9 Å². The number of fused-ring (bicyclic) bond motifs is 2. The summed E-state index contributed by atoms with van der Waals surface area (Å²) < 4.78 is 0. The Morgan fingerprint density at radius 3 is 2.46 bits per heavy atom. The number of benzene rings is 2. The topological polar surface area (TPSA) is 85.5 Å². The Morgan fingerprint density at radius 2 is 1.69 bits per heavy atom. The average molecular weight is 473 g/mol. The van der Waals surface area contributed by atoms with Crippen molar-refractivity contribution in [1.29, 1.82) is 0 Å². The number of carbonyl (C=O) groups excluding carboxylic acids is 3. The molecule has 7 nitrogen and oxygen atoms in total. The van der Waals surface area contributed by atoms with Crippen molar-refractivity contribution >= 4 is 28.6 Å². The van der Waals surface area contributed by atoms with Crippen molar-refractivity contribution in [3.63, 3.8) is 0 Å². The molecule has 0 bridgehead atoms. The largest absolute Gasteiger partial charge is 0.361 e. The second-order valence-electron chi connectivity index (χ2n) is 9.69. The van der Waals surface area contributed by atoms with Crippen LogP contribution < -0.4 is 5.32 Å². The van der Waals surface area contributed by atoms with Crippen molar-refractivity contribution in [3.8, 4) is 0 Å². The van der Waals surface area contributed by atoms with Gasteiger partial charge in [0.05, 0.1) is 0 Å². The van der Waals surface area contributed by atoms with Crippen LogP contribution in [0, 0.1) is 5.92 Å². The van der Waals surface area contributed by atoms with E-state index in [4.69, 9.17) is 0 Å². The number of amides is 3. The highest BCUT2D eigenvalue weighted by Crippen LogP contribution is 2.26. The minimum atomic E-state index is -0.627. The van der Waals surface area contributed by atoms with E-state index in [9.17, 15) is 14.4 Å². The third-order valence-corrected chi connectivity index (χ3v) is 7.37. The van der Waals surface area contributed by atoms with E-state index in [1.54, 1.807) is 0 Å². The third kappa shape index (κ3) is 4.94.